The van der Waals surface area contributed by atoms with Gasteiger partial charge in [-0.3, -0.25) is 4.79 Å². The third-order valence-corrected chi connectivity index (χ3v) is 6.36. The summed E-state index contributed by atoms with van der Waals surface area (Å²) in [5, 5.41) is 3.70. The third-order valence-electron chi connectivity index (χ3n) is 6.36. The molecule has 4 aromatic rings. The molecule has 1 heterocycles. The van der Waals surface area contributed by atoms with Gasteiger partial charge in [0.2, 0.25) is 0 Å². The quantitative estimate of drug-likeness (QED) is 0.240. The Morgan fingerprint density at radius 3 is 2.32 bits per heavy atom. The monoisotopic (exact) mass is 502 g/mol. The van der Waals surface area contributed by atoms with Crippen LogP contribution in [0.1, 0.15) is 60.8 Å². The minimum absolute atomic E-state index is 0.0372. The topological polar surface area (TPSA) is 43.3 Å². The number of carbonyl (C=O) groups excluding carboxylic acids is 1. The molecule has 6 heteroatoms. The summed E-state index contributed by atoms with van der Waals surface area (Å²) in [6, 6.07) is 19.4. The minimum atomic E-state index is -0.940. The number of ether oxygens (including phenoxy) is 1. The van der Waals surface area contributed by atoms with Gasteiger partial charge in [0.05, 0.1) is 16.8 Å². The molecule has 0 saturated heterocycles. The van der Waals surface area contributed by atoms with Crippen LogP contribution in [0.5, 0.6) is 5.75 Å². The summed E-state index contributed by atoms with van der Waals surface area (Å²) in [6.07, 6.45) is 0. The Labute approximate surface area is 216 Å². The van der Waals surface area contributed by atoms with E-state index in [1.165, 1.54) is 6.07 Å². The van der Waals surface area contributed by atoms with E-state index in [-0.39, 0.29) is 24.3 Å². The fourth-order valence-corrected chi connectivity index (χ4v) is 4.38. The average molecular weight is 503 g/mol. The standard InChI is InChI=1S/C31H32F2N2O2/c1-19(2)21(5)37-24-12-13-25-28(16-24)35(18-22-9-7-6-8-10-22)30(20(3)4)29(25)31(36)34-17-23-11-14-26(32)27(33)15-23/h6-16,19-20H,5,17-18H2,1-4H3,(H,34,36). The van der Waals surface area contributed by atoms with Gasteiger partial charge < -0.3 is 14.6 Å². The lowest BCUT2D eigenvalue weighted by Crippen LogP contribution is -2.24. The summed E-state index contributed by atoms with van der Waals surface area (Å²) in [5.41, 5.74) is 3.92. The molecule has 0 aliphatic carbocycles. The van der Waals surface area contributed by atoms with Gasteiger partial charge in [0.1, 0.15) is 5.75 Å². The highest BCUT2D eigenvalue weighted by atomic mass is 19.2. The second-order valence-electron chi connectivity index (χ2n) is 9.82. The summed E-state index contributed by atoms with van der Waals surface area (Å²) >= 11 is 0. The number of carbonyl (C=O) groups is 1. The van der Waals surface area contributed by atoms with E-state index in [1.54, 1.807) is 0 Å². The molecule has 1 aromatic heterocycles. The van der Waals surface area contributed by atoms with Crippen molar-refractivity contribution < 1.29 is 18.3 Å². The minimum Gasteiger partial charge on any atom is -0.462 e. The van der Waals surface area contributed by atoms with Crippen LogP contribution in [0.15, 0.2) is 79.1 Å². The predicted octanol–water partition coefficient (Wildman–Crippen LogP) is 7.57. The van der Waals surface area contributed by atoms with E-state index >= 15 is 0 Å². The number of amides is 1. The van der Waals surface area contributed by atoms with Crippen LogP contribution in [0.4, 0.5) is 8.78 Å². The van der Waals surface area contributed by atoms with Gasteiger partial charge in [0.25, 0.3) is 5.91 Å². The molecule has 0 unspecified atom stereocenters. The largest absolute Gasteiger partial charge is 0.462 e. The zero-order valence-electron chi connectivity index (χ0n) is 21.6. The Morgan fingerprint density at radius 2 is 1.68 bits per heavy atom. The molecule has 0 aliphatic heterocycles. The molecule has 192 valence electrons. The van der Waals surface area contributed by atoms with E-state index in [1.807, 2.05) is 50.2 Å². The number of aromatic nitrogens is 1. The molecule has 1 amide bonds. The Balaban J connectivity index is 1.79. The maximum atomic E-state index is 13.7. The average Bonchev–Trinajstić information content (AvgIpc) is 3.18. The van der Waals surface area contributed by atoms with Gasteiger partial charge >= 0.3 is 0 Å². The highest BCUT2D eigenvalue weighted by molar-refractivity contribution is 6.09. The Hall–Kier alpha value is -3.93. The van der Waals surface area contributed by atoms with Gasteiger partial charge in [-0.25, -0.2) is 8.78 Å². The molecule has 0 atom stereocenters. The first-order valence-electron chi connectivity index (χ1n) is 12.4. The van der Waals surface area contributed by atoms with Gasteiger partial charge in [0.15, 0.2) is 11.6 Å². The van der Waals surface area contributed by atoms with Crippen LogP contribution < -0.4 is 10.1 Å². The second-order valence-corrected chi connectivity index (χ2v) is 9.82. The molecule has 0 saturated carbocycles. The zero-order chi connectivity index (χ0) is 26.7. The van der Waals surface area contributed by atoms with Crippen LogP contribution >= 0.6 is 0 Å². The molecule has 0 spiro atoms. The molecule has 4 nitrogen and oxygen atoms in total. The van der Waals surface area contributed by atoms with Crippen molar-refractivity contribution in [2.75, 3.05) is 0 Å². The maximum absolute atomic E-state index is 13.7. The predicted molar refractivity (Wildman–Crippen MR) is 144 cm³/mol. The van der Waals surface area contributed by atoms with Crippen molar-refractivity contribution in [1.82, 2.24) is 9.88 Å². The highest BCUT2D eigenvalue weighted by Crippen LogP contribution is 2.35. The van der Waals surface area contributed by atoms with Gasteiger partial charge in [-0.05, 0) is 41.3 Å². The van der Waals surface area contributed by atoms with Crippen molar-refractivity contribution in [3.05, 3.63) is 113 Å². The van der Waals surface area contributed by atoms with Crippen molar-refractivity contribution in [1.29, 1.82) is 0 Å². The van der Waals surface area contributed by atoms with Crippen LogP contribution in [0.25, 0.3) is 10.9 Å². The first kappa shape index (κ1) is 26.1. The fraction of sp³-hybridized carbons (Fsp3) is 0.258. The highest BCUT2D eigenvalue weighted by Gasteiger charge is 2.25. The Bertz CT molecular complexity index is 1440. The van der Waals surface area contributed by atoms with Crippen LogP contribution in [0, 0.1) is 17.6 Å². The number of nitrogens with zero attached hydrogens (tertiary/aromatic N) is 1. The number of nitrogens with one attached hydrogen (secondary N) is 1. The lowest BCUT2D eigenvalue weighted by atomic mass is 10.0. The van der Waals surface area contributed by atoms with Crippen LogP contribution in [-0.2, 0) is 13.1 Å². The molecule has 1 N–H and O–H groups in total. The van der Waals surface area contributed by atoms with Gasteiger partial charge in [-0.15, -0.1) is 0 Å². The SMILES string of the molecule is C=C(Oc1ccc2c(C(=O)NCc3ccc(F)c(F)c3)c(C(C)C)n(Cc3ccccc3)c2c1)C(C)C. The number of fused-ring (bicyclic) bond motifs is 1. The van der Waals surface area contributed by atoms with E-state index in [2.05, 4.69) is 42.4 Å². The lowest BCUT2D eigenvalue weighted by Gasteiger charge is -2.16. The van der Waals surface area contributed by atoms with Gasteiger partial charge in [-0.1, -0.05) is 70.7 Å². The molecule has 0 aliphatic rings. The molecular weight excluding hydrogens is 470 g/mol. The van der Waals surface area contributed by atoms with Gasteiger partial charge in [-0.2, -0.15) is 0 Å². The number of allylic oxidation sites excluding steroid dienone is 1. The third kappa shape index (κ3) is 5.74. The summed E-state index contributed by atoms with van der Waals surface area (Å²) < 4.78 is 35.2. The molecule has 0 radical (unpaired) electrons. The molecular formula is C31H32F2N2O2. The van der Waals surface area contributed by atoms with E-state index in [0.29, 0.717) is 29.2 Å². The normalized spacial score (nSPS) is 11.4. The Kier molecular flexibility index (Phi) is 7.77. The van der Waals surface area contributed by atoms with Crippen molar-refractivity contribution in [2.24, 2.45) is 5.92 Å². The maximum Gasteiger partial charge on any atom is 0.254 e. The van der Waals surface area contributed by atoms with E-state index in [9.17, 15) is 13.6 Å². The first-order chi connectivity index (χ1) is 17.7. The van der Waals surface area contributed by atoms with Gasteiger partial charge in [0, 0.05) is 36.2 Å². The summed E-state index contributed by atoms with van der Waals surface area (Å²) in [5.74, 6) is -0.614. The lowest BCUT2D eigenvalue weighted by molar-refractivity contribution is 0.0951. The van der Waals surface area contributed by atoms with Crippen LogP contribution in [0.2, 0.25) is 0 Å². The van der Waals surface area contributed by atoms with Crippen molar-refractivity contribution in [3.8, 4) is 5.75 Å². The van der Waals surface area contributed by atoms with Crippen molar-refractivity contribution in [2.45, 2.75) is 46.7 Å². The van der Waals surface area contributed by atoms with E-state index in [4.69, 9.17) is 4.74 Å². The molecule has 37 heavy (non-hydrogen) atoms. The summed E-state index contributed by atoms with van der Waals surface area (Å²) in [7, 11) is 0. The van der Waals surface area contributed by atoms with E-state index in [0.717, 1.165) is 34.3 Å². The molecule has 0 bridgehead atoms. The first-order valence-corrected chi connectivity index (χ1v) is 12.4. The smallest absolute Gasteiger partial charge is 0.254 e. The van der Waals surface area contributed by atoms with Crippen LogP contribution in [0.3, 0.4) is 0 Å². The zero-order valence-corrected chi connectivity index (χ0v) is 21.6. The molecule has 4 rings (SSSR count). The molecule has 0 fully saturated rings. The van der Waals surface area contributed by atoms with Crippen LogP contribution in [-0.4, -0.2) is 10.5 Å². The second kappa shape index (κ2) is 11.0. The molecule has 3 aromatic carbocycles. The number of benzene rings is 3. The summed E-state index contributed by atoms with van der Waals surface area (Å²) in [6.45, 7) is 12.8. The number of halogens is 2. The number of hydrogen-bond donors (Lipinski definition) is 1. The fourth-order valence-electron chi connectivity index (χ4n) is 4.38. The van der Waals surface area contributed by atoms with E-state index < -0.39 is 11.6 Å². The van der Waals surface area contributed by atoms with Crippen molar-refractivity contribution >= 4 is 16.8 Å². The number of rotatable bonds is 9. The van der Waals surface area contributed by atoms with Crippen molar-refractivity contribution in [3.63, 3.8) is 0 Å². The summed E-state index contributed by atoms with van der Waals surface area (Å²) in [4.78, 5) is 13.6. The number of hydrogen-bond acceptors (Lipinski definition) is 2. The Morgan fingerprint density at radius 1 is 0.946 bits per heavy atom.